The Hall–Kier alpha value is -2.69. The summed E-state index contributed by atoms with van der Waals surface area (Å²) in [6, 6.07) is 7.91. The average Bonchev–Trinajstić information content (AvgIpc) is 2.39. The molecule has 5 nitrogen and oxygen atoms in total. The number of aromatic carboxylic acids is 1. The van der Waals surface area contributed by atoms with Gasteiger partial charge < -0.3 is 10.1 Å². The van der Waals surface area contributed by atoms with Crippen molar-refractivity contribution in [2.45, 2.75) is 0 Å². The van der Waals surface area contributed by atoms with Crippen LogP contribution in [0.1, 0.15) is 20.7 Å². The quantitative estimate of drug-likeness (QED) is 0.800. The Labute approximate surface area is 102 Å². The van der Waals surface area contributed by atoms with Gasteiger partial charge in [-0.05, 0) is 17.2 Å². The van der Waals surface area contributed by atoms with Crippen LogP contribution in [0.3, 0.4) is 0 Å². The van der Waals surface area contributed by atoms with Crippen molar-refractivity contribution in [1.29, 1.82) is 0 Å². The molecule has 0 radical (unpaired) electrons. The maximum Gasteiger partial charge on any atom is 0.341 e. The Morgan fingerprint density at radius 1 is 1.17 bits per heavy atom. The van der Waals surface area contributed by atoms with Gasteiger partial charge in [-0.2, -0.15) is 0 Å². The van der Waals surface area contributed by atoms with E-state index in [-0.39, 0.29) is 5.56 Å². The number of hydrogen-bond donors (Lipinski definition) is 2. The number of H-pyrrole nitrogens is 1. The normalized spacial score (nSPS) is 10.0. The lowest BCUT2D eigenvalue weighted by molar-refractivity contribution is 0.0695. The van der Waals surface area contributed by atoms with Crippen LogP contribution in [0.2, 0.25) is 0 Å². The summed E-state index contributed by atoms with van der Waals surface area (Å²) in [7, 11) is 0. The molecule has 0 amide bonds. The molecule has 0 spiro atoms. The zero-order valence-electron chi connectivity index (χ0n) is 9.21. The standard InChI is InChI=1S/C13H9NO4/c15-7-8-1-3-9(4-2-8)10-5-11(13(17)18)12(16)14-6-10/h1-7H,(H,14,16)(H,17,18). The molecular formula is C13H9NO4. The second-order valence-electron chi connectivity index (χ2n) is 3.68. The Balaban J connectivity index is 2.50. The first kappa shape index (κ1) is 11.8. The minimum absolute atomic E-state index is 0.313. The fourth-order valence-corrected chi connectivity index (χ4v) is 1.56. The summed E-state index contributed by atoms with van der Waals surface area (Å²) >= 11 is 0. The molecule has 0 unspecified atom stereocenters. The van der Waals surface area contributed by atoms with Gasteiger partial charge in [-0.25, -0.2) is 4.79 Å². The molecule has 1 aromatic heterocycles. The predicted molar refractivity (Wildman–Crippen MR) is 64.8 cm³/mol. The van der Waals surface area contributed by atoms with Gasteiger partial charge >= 0.3 is 5.97 Å². The summed E-state index contributed by atoms with van der Waals surface area (Å²) in [5.41, 5.74) is 0.869. The van der Waals surface area contributed by atoms with Crippen LogP contribution in [0.25, 0.3) is 11.1 Å². The number of aromatic nitrogens is 1. The Morgan fingerprint density at radius 3 is 2.39 bits per heavy atom. The predicted octanol–water partition coefficient (Wildman–Crippen LogP) is 1.55. The van der Waals surface area contributed by atoms with Crippen molar-refractivity contribution >= 4 is 12.3 Å². The first-order chi connectivity index (χ1) is 8.61. The third-order valence-corrected chi connectivity index (χ3v) is 2.51. The molecule has 2 rings (SSSR count). The third kappa shape index (κ3) is 2.20. The monoisotopic (exact) mass is 243 g/mol. The SMILES string of the molecule is O=Cc1ccc(-c2c[nH]c(=O)c(C(=O)O)c2)cc1. The van der Waals surface area contributed by atoms with E-state index >= 15 is 0 Å². The molecule has 1 heterocycles. The topological polar surface area (TPSA) is 87.2 Å². The minimum atomic E-state index is -1.28. The summed E-state index contributed by atoms with van der Waals surface area (Å²) in [6.45, 7) is 0. The molecule has 18 heavy (non-hydrogen) atoms. The highest BCUT2D eigenvalue weighted by Gasteiger charge is 2.10. The number of carbonyl (C=O) groups is 2. The number of hydrogen-bond acceptors (Lipinski definition) is 3. The molecule has 0 aliphatic heterocycles. The molecule has 2 aromatic rings. The van der Waals surface area contributed by atoms with Gasteiger partial charge in [0.2, 0.25) is 0 Å². The number of aldehydes is 1. The van der Waals surface area contributed by atoms with E-state index in [0.29, 0.717) is 11.1 Å². The van der Waals surface area contributed by atoms with Gasteiger partial charge in [-0.3, -0.25) is 9.59 Å². The van der Waals surface area contributed by atoms with Gasteiger partial charge in [-0.1, -0.05) is 24.3 Å². The highest BCUT2D eigenvalue weighted by Crippen LogP contribution is 2.18. The van der Waals surface area contributed by atoms with Crippen molar-refractivity contribution in [1.82, 2.24) is 4.98 Å². The van der Waals surface area contributed by atoms with Crippen molar-refractivity contribution in [2.75, 3.05) is 0 Å². The van der Waals surface area contributed by atoms with Crippen molar-refractivity contribution in [2.24, 2.45) is 0 Å². The van der Waals surface area contributed by atoms with Crippen molar-refractivity contribution in [3.8, 4) is 11.1 Å². The zero-order valence-corrected chi connectivity index (χ0v) is 9.21. The van der Waals surface area contributed by atoms with Gasteiger partial charge in [-0.15, -0.1) is 0 Å². The number of benzene rings is 1. The molecule has 0 atom stereocenters. The number of rotatable bonds is 3. The van der Waals surface area contributed by atoms with Gasteiger partial charge in [0.25, 0.3) is 5.56 Å². The number of carbonyl (C=O) groups excluding carboxylic acids is 1. The van der Waals surface area contributed by atoms with E-state index in [1.54, 1.807) is 24.3 Å². The van der Waals surface area contributed by atoms with Crippen LogP contribution in [0.5, 0.6) is 0 Å². The smallest absolute Gasteiger partial charge is 0.341 e. The summed E-state index contributed by atoms with van der Waals surface area (Å²) in [5.74, 6) is -1.28. The van der Waals surface area contributed by atoms with E-state index in [1.165, 1.54) is 12.3 Å². The van der Waals surface area contributed by atoms with E-state index in [2.05, 4.69) is 4.98 Å². The van der Waals surface area contributed by atoms with Crippen LogP contribution in [-0.2, 0) is 0 Å². The van der Waals surface area contributed by atoms with Crippen LogP contribution in [0.15, 0.2) is 41.3 Å². The summed E-state index contributed by atoms with van der Waals surface area (Å²) < 4.78 is 0. The Bertz CT molecular complexity index is 655. The molecule has 0 saturated carbocycles. The van der Waals surface area contributed by atoms with E-state index in [4.69, 9.17) is 5.11 Å². The van der Waals surface area contributed by atoms with Crippen molar-refractivity contribution in [3.63, 3.8) is 0 Å². The van der Waals surface area contributed by atoms with Crippen LogP contribution in [0, 0.1) is 0 Å². The van der Waals surface area contributed by atoms with Crippen LogP contribution >= 0.6 is 0 Å². The number of carboxylic acid groups (broad SMARTS) is 1. The van der Waals surface area contributed by atoms with E-state index < -0.39 is 11.5 Å². The van der Waals surface area contributed by atoms with Crippen LogP contribution < -0.4 is 5.56 Å². The van der Waals surface area contributed by atoms with E-state index in [1.807, 2.05) is 0 Å². The molecule has 0 bridgehead atoms. The molecule has 0 aliphatic carbocycles. The highest BCUT2D eigenvalue weighted by atomic mass is 16.4. The van der Waals surface area contributed by atoms with Gasteiger partial charge in [0.1, 0.15) is 11.8 Å². The maximum atomic E-state index is 11.3. The molecule has 2 N–H and O–H groups in total. The zero-order chi connectivity index (χ0) is 13.1. The van der Waals surface area contributed by atoms with Gasteiger partial charge in [0.15, 0.2) is 0 Å². The molecule has 0 saturated heterocycles. The summed E-state index contributed by atoms with van der Waals surface area (Å²) in [6.07, 6.45) is 2.16. The fourth-order valence-electron chi connectivity index (χ4n) is 1.56. The average molecular weight is 243 g/mol. The minimum Gasteiger partial charge on any atom is -0.477 e. The molecule has 0 fully saturated rings. The van der Waals surface area contributed by atoms with Crippen molar-refractivity contribution < 1.29 is 14.7 Å². The molecule has 1 aromatic carbocycles. The van der Waals surface area contributed by atoms with E-state index in [0.717, 1.165) is 11.8 Å². The molecule has 0 aliphatic rings. The molecule has 5 heteroatoms. The van der Waals surface area contributed by atoms with Gasteiger partial charge in [0, 0.05) is 11.8 Å². The highest BCUT2D eigenvalue weighted by molar-refractivity contribution is 5.88. The van der Waals surface area contributed by atoms with E-state index in [9.17, 15) is 14.4 Å². The largest absolute Gasteiger partial charge is 0.477 e. The van der Waals surface area contributed by atoms with Crippen LogP contribution in [0.4, 0.5) is 0 Å². The number of aromatic amines is 1. The third-order valence-electron chi connectivity index (χ3n) is 2.51. The summed E-state index contributed by atoms with van der Waals surface area (Å²) in [4.78, 5) is 35.0. The number of nitrogens with one attached hydrogen (secondary N) is 1. The second kappa shape index (κ2) is 4.67. The first-order valence-electron chi connectivity index (χ1n) is 5.13. The molecular weight excluding hydrogens is 234 g/mol. The first-order valence-corrected chi connectivity index (χ1v) is 5.13. The second-order valence-corrected chi connectivity index (χ2v) is 3.68. The lowest BCUT2D eigenvalue weighted by Gasteiger charge is -2.02. The number of pyridine rings is 1. The van der Waals surface area contributed by atoms with Crippen LogP contribution in [-0.4, -0.2) is 22.3 Å². The maximum absolute atomic E-state index is 11.3. The van der Waals surface area contributed by atoms with Crippen molar-refractivity contribution in [3.05, 3.63) is 58.0 Å². The lowest BCUT2D eigenvalue weighted by Crippen LogP contribution is -2.16. The Morgan fingerprint density at radius 2 is 1.83 bits per heavy atom. The molecule has 90 valence electrons. The van der Waals surface area contributed by atoms with Gasteiger partial charge in [0.05, 0.1) is 0 Å². The Kier molecular flexibility index (Phi) is 3.05. The number of carboxylic acids is 1. The lowest BCUT2D eigenvalue weighted by atomic mass is 10.0. The summed E-state index contributed by atoms with van der Waals surface area (Å²) in [5, 5.41) is 8.85. The fraction of sp³-hybridized carbons (Fsp3) is 0.